The van der Waals surface area contributed by atoms with E-state index in [4.69, 9.17) is 34.1 Å². The monoisotopic (exact) mass is 1180 g/mol. The Balaban J connectivity index is 0.000000201. The van der Waals surface area contributed by atoms with E-state index in [2.05, 4.69) is 199 Å². The van der Waals surface area contributed by atoms with E-state index in [0.717, 1.165) is 91.0 Å². The van der Waals surface area contributed by atoms with Crippen molar-refractivity contribution in [2.45, 2.75) is 85.7 Å². The molecule has 9 rings (SSSR count). The van der Waals surface area contributed by atoms with Gasteiger partial charge in [0.15, 0.2) is 0 Å². The van der Waals surface area contributed by atoms with E-state index in [9.17, 15) is 4.79 Å². The zero-order valence-corrected chi connectivity index (χ0v) is 48.8. The number of hydrogen-bond acceptors (Lipinski definition) is 14. The summed E-state index contributed by atoms with van der Waals surface area (Å²) < 4.78 is 17.3. The van der Waals surface area contributed by atoms with Crippen LogP contribution in [0.2, 0.25) is 0 Å². The lowest BCUT2D eigenvalue weighted by Gasteiger charge is -2.37. The van der Waals surface area contributed by atoms with Crippen molar-refractivity contribution in [1.82, 2.24) is 34.8 Å². The number of ether oxygens (including phenoxy) is 3. The number of aromatic nitrogens is 6. The van der Waals surface area contributed by atoms with Gasteiger partial charge < -0.3 is 38.7 Å². The number of piperidine rings is 1. The maximum Gasteiger partial charge on any atom is 0.410 e. The van der Waals surface area contributed by atoms with E-state index >= 15 is 0 Å². The molecule has 0 spiro atoms. The Morgan fingerprint density at radius 2 is 0.869 bits per heavy atom. The highest BCUT2D eigenvalue weighted by molar-refractivity contribution is 9.10. The number of piperazine rings is 1. The van der Waals surface area contributed by atoms with Crippen molar-refractivity contribution in [2.75, 3.05) is 111 Å². The number of fused-ring (bicyclic) bond motifs is 2. The van der Waals surface area contributed by atoms with Crippen molar-refractivity contribution in [2.24, 2.45) is 0 Å². The summed E-state index contributed by atoms with van der Waals surface area (Å²) in [6.45, 7) is 19.8. The molecule has 5 aliphatic rings. The normalized spacial score (nSPS) is 14.2. The van der Waals surface area contributed by atoms with E-state index in [0.29, 0.717) is 51.3 Å². The minimum absolute atomic E-state index is 0. The Morgan fingerprint density at radius 3 is 1.27 bits per heavy atom. The number of carbonyl (C=O) groups is 1. The first kappa shape index (κ1) is 63.3. The van der Waals surface area contributed by atoms with Crippen molar-refractivity contribution in [3.8, 4) is 154 Å². The first-order valence-corrected chi connectivity index (χ1v) is 27.9. The second-order valence-corrected chi connectivity index (χ2v) is 20.2. The second-order valence-electron chi connectivity index (χ2n) is 19.3. The Hall–Kier alpha value is -9.87. The fraction of sp³-hybridized carbons (Fsp3) is 0.397. The molecule has 420 valence electrons. The summed E-state index contributed by atoms with van der Waals surface area (Å²) in [5, 5.41) is 2.18. The molecule has 1 aliphatic carbocycles. The third-order valence-corrected chi connectivity index (χ3v) is 12.9. The number of carbonyl (C=O) groups excluding carboxylic acids is 1. The number of morpholine rings is 2. The summed E-state index contributed by atoms with van der Waals surface area (Å²) in [6, 6.07) is 0. The maximum atomic E-state index is 12.4. The molecule has 4 saturated heterocycles. The highest BCUT2D eigenvalue weighted by Gasteiger charge is 2.31. The second kappa shape index (κ2) is 34.4. The Bertz CT molecular complexity index is 3800. The molecule has 0 aromatic carbocycles. The van der Waals surface area contributed by atoms with E-state index < -0.39 is 5.60 Å². The molecule has 8 heterocycles. The fourth-order valence-electron chi connectivity index (χ4n) is 8.41. The lowest BCUT2D eigenvalue weighted by atomic mass is 10.1. The van der Waals surface area contributed by atoms with Crippen LogP contribution in [0, 0.1) is 154 Å². The van der Waals surface area contributed by atoms with Crippen molar-refractivity contribution in [3.05, 3.63) is 34.8 Å². The maximum absolute atomic E-state index is 12.4. The van der Waals surface area contributed by atoms with Gasteiger partial charge in [-0.3, -0.25) is 9.97 Å². The van der Waals surface area contributed by atoms with Crippen molar-refractivity contribution in [3.63, 3.8) is 0 Å². The van der Waals surface area contributed by atoms with E-state index in [-0.39, 0.29) is 13.5 Å². The van der Waals surface area contributed by atoms with Gasteiger partial charge in [0.05, 0.1) is 55.2 Å². The van der Waals surface area contributed by atoms with Crippen molar-refractivity contribution < 1.29 is 19.0 Å². The number of nitrogens with zero attached hydrogens (tertiary/aromatic N) is 11. The fourth-order valence-corrected chi connectivity index (χ4v) is 8.91. The van der Waals surface area contributed by atoms with Gasteiger partial charge in [-0.25, -0.2) is 14.8 Å². The summed E-state index contributed by atoms with van der Waals surface area (Å²) in [4.78, 5) is 51.7. The first-order valence-electron chi connectivity index (χ1n) is 27.1. The summed E-state index contributed by atoms with van der Waals surface area (Å²) in [6.07, 6.45) is 13.6. The number of halogens is 1. The van der Waals surface area contributed by atoms with Gasteiger partial charge in [0.25, 0.3) is 0 Å². The number of pyridine rings is 2. The lowest BCUT2D eigenvalue weighted by Crippen LogP contribution is -2.50. The minimum Gasteiger partial charge on any atom is -0.444 e. The largest absolute Gasteiger partial charge is 0.444 e. The lowest BCUT2D eigenvalue weighted by molar-refractivity contribution is 0.0240. The van der Waals surface area contributed by atoms with Crippen LogP contribution in [0.5, 0.6) is 0 Å². The van der Waals surface area contributed by atoms with Gasteiger partial charge in [0.2, 0.25) is 11.9 Å². The molecule has 4 aromatic rings. The summed E-state index contributed by atoms with van der Waals surface area (Å²) in [7, 11) is 0. The quantitative estimate of drug-likeness (QED) is 0.188. The zero-order valence-electron chi connectivity index (χ0n) is 47.3. The first-order chi connectivity index (χ1) is 40.6. The molecule has 4 aliphatic heterocycles. The van der Waals surface area contributed by atoms with Crippen molar-refractivity contribution >= 4 is 67.4 Å². The zero-order chi connectivity index (χ0) is 58.3. The van der Waals surface area contributed by atoms with Crippen LogP contribution in [0.3, 0.4) is 0 Å². The van der Waals surface area contributed by atoms with Gasteiger partial charge in [0, 0.05) is 135 Å². The van der Waals surface area contributed by atoms with Gasteiger partial charge in [-0.1, -0.05) is 19.3 Å². The van der Waals surface area contributed by atoms with Gasteiger partial charge in [0.1, 0.15) is 17.2 Å². The number of hydrogen-bond donors (Lipinski definition) is 0. The van der Waals surface area contributed by atoms with Crippen LogP contribution in [0.25, 0.3) is 21.8 Å². The molecular formula is C68H62BrN11O4. The number of rotatable bonds is 5. The highest BCUT2D eigenvalue weighted by atomic mass is 79.9. The predicted octanol–water partition coefficient (Wildman–Crippen LogP) is 7.12. The third kappa shape index (κ3) is 20.6. The summed E-state index contributed by atoms with van der Waals surface area (Å²) in [5.41, 5.74) is 2.65. The van der Waals surface area contributed by atoms with Gasteiger partial charge in [-0.05, 0) is 189 Å². The van der Waals surface area contributed by atoms with Crippen LogP contribution in [0.1, 0.15) is 85.6 Å². The topological polar surface area (TPSA) is 138 Å². The molecule has 84 heavy (non-hydrogen) atoms. The standard InChI is InChI=1S/C28H6.C20H27BrN6O3.C19H25N5O.CH4/c1-3-5-7-9-11-13-15-17-19-21-23-25-27-28-26-24-22-20-18-16-14-12-10-8-6-4-2;1-20(2,3)30-19(28)27-6-4-25(5-7-27)17-16-14(21)12-22-13-15(16)23-18(24-17)26-8-10-29-11-9-26;1-2-6-23(7-3-1)18-17-15(14-4-5-14)12-20-13-16(17)21-19(22-18)24-8-10-25-11-9-24;/h1-2H3;12-13H,4-11H2,1-3H3;12-14H,1-11H2;1H4. The van der Waals surface area contributed by atoms with Crippen LogP contribution in [0.4, 0.5) is 28.3 Å². The molecule has 16 heteroatoms. The molecule has 0 atom stereocenters. The van der Waals surface area contributed by atoms with Crippen LogP contribution >= 0.6 is 15.9 Å². The third-order valence-electron chi connectivity index (χ3n) is 12.3. The van der Waals surface area contributed by atoms with E-state index in [1.165, 1.54) is 43.1 Å². The van der Waals surface area contributed by atoms with Crippen LogP contribution in [-0.2, 0) is 14.2 Å². The van der Waals surface area contributed by atoms with Crippen LogP contribution in [-0.4, -0.2) is 138 Å². The Morgan fingerprint density at radius 1 is 0.488 bits per heavy atom. The molecule has 0 N–H and O–H groups in total. The molecule has 4 aromatic heterocycles. The Labute approximate surface area is 504 Å². The van der Waals surface area contributed by atoms with Crippen LogP contribution < -0.4 is 19.6 Å². The molecular weight excluding hydrogens is 1110 g/mol. The summed E-state index contributed by atoms with van der Waals surface area (Å²) in [5.74, 6) is 69.8. The minimum atomic E-state index is -0.498. The van der Waals surface area contributed by atoms with Gasteiger partial charge in [-0.2, -0.15) is 9.97 Å². The molecule has 0 radical (unpaired) electrons. The average Bonchev–Trinajstić information content (AvgIpc) is 2.71. The Kier molecular flexibility index (Phi) is 25.9. The molecule has 5 fully saturated rings. The molecule has 0 bridgehead atoms. The van der Waals surface area contributed by atoms with Crippen molar-refractivity contribution in [1.29, 1.82) is 0 Å². The average molecular weight is 1180 g/mol. The predicted molar refractivity (Wildman–Crippen MR) is 336 cm³/mol. The SMILES string of the molecule is C.CC#CC#CC#CC#CC#CC#CC#CC#CC#CC#CC#CC#CC#CC.CC(C)(C)OC(=O)N1CCN(c2nc(N3CCOCC3)nc3cncc(Br)c23)CC1.c1ncc2nc(N3CCOCC3)nc(N3CCCCC3)c2c1C1CC1. The molecule has 15 nitrogen and oxygen atoms in total. The number of amides is 1. The smallest absolute Gasteiger partial charge is 0.410 e. The summed E-state index contributed by atoms with van der Waals surface area (Å²) >= 11 is 3.62. The van der Waals surface area contributed by atoms with Crippen LogP contribution in [0.15, 0.2) is 29.3 Å². The van der Waals surface area contributed by atoms with E-state index in [1.54, 1.807) is 31.1 Å². The number of anilines is 4. The van der Waals surface area contributed by atoms with Gasteiger partial charge >= 0.3 is 6.09 Å². The van der Waals surface area contributed by atoms with E-state index in [1.807, 2.05) is 33.2 Å². The molecule has 1 amide bonds. The highest BCUT2D eigenvalue weighted by Crippen LogP contribution is 2.45. The molecule has 0 unspecified atom stereocenters. The molecule has 1 saturated carbocycles. The van der Waals surface area contributed by atoms with Gasteiger partial charge in [-0.15, -0.1) is 0 Å².